The zero-order chi connectivity index (χ0) is 18.4. The van der Waals surface area contributed by atoms with Gasteiger partial charge in [-0.15, -0.1) is 0 Å². The molecule has 1 fully saturated rings. The summed E-state index contributed by atoms with van der Waals surface area (Å²) in [5.74, 6) is 0.0948. The summed E-state index contributed by atoms with van der Waals surface area (Å²) in [5.41, 5.74) is 1.65. The fourth-order valence-corrected chi connectivity index (χ4v) is 3.45. The summed E-state index contributed by atoms with van der Waals surface area (Å²) >= 11 is 0. The number of aromatic nitrogens is 1. The second-order valence-electron chi connectivity index (χ2n) is 7.34. The van der Waals surface area contributed by atoms with Crippen LogP contribution < -0.4 is 10.6 Å². The molecule has 0 bridgehead atoms. The summed E-state index contributed by atoms with van der Waals surface area (Å²) in [7, 11) is 0. The monoisotopic (exact) mass is 352 g/mol. The summed E-state index contributed by atoms with van der Waals surface area (Å²) in [6.07, 6.45) is 5.27. The van der Waals surface area contributed by atoms with E-state index in [0.717, 1.165) is 38.2 Å². The van der Waals surface area contributed by atoms with Gasteiger partial charge in [-0.2, -0.15) is 0 Å². The first kappa shape index (κ1) is 18.4. The van der Waals surface area contributed by atoms with Gasteiger partial charge in [-0.1, -0.05) is 24.3 Å². The standard InChI is InChI=1S/C21H28N4O/c1-17(2)23-20(26)21(24-19-8-4-3-5-9-19)10-13-25(14-11-21)16-18-7-6-12-22-15-18/h3-9,12,15,17,24H,10-11,13-14,16H2,1-2H3,(H,23,26). The fraction of sp³-hybridized carbons (Fsp3) is 0.429. The van der Waals surface area contributed by atoms with Gasteiger partial charge in [0.25, 0.3) is 0 Å². The minimum Gasteiger partial charge on any atom is -0.371 e. The number of pyridine rings is 1. The van der Waals surface area contributed by atoms with Gasteiger partial charge in [0.2, 0.25) is 5.91 Å². The van der Waals surface area contributed by atoms with Crippen LogP contribution in [0.1, 0.15) is 32.3 Å². The highest BCUT2D eigenvalue weighted by molar-refractivity contribution is 5.89. The maximum absolute atomic E-state index is 13.0. The van der Waals surface area contributed by atoms with Crippen molar-refractivity contribution >= 4 is 11.6 Å². The highest BCUT2D eigenvalue weighted by Crippen LogP contribution is 2.28. The van der Waals surface area contributed by atoms with Crippen LogP contribution in [0.25, 0.3) is 0 Å². The number of rotatable bonds is 6. The summed E-state index contributed by atoms with van der Waals surface area (Å²) in [6.45, 7) is 6.64. The Morgan fingerprint density at radius 2 is 1.88 bits per heavy atom. The zero-order valence-electron chi connectivity index (χ0n) is 15.6. The van der Waals surface area contributed by atoms with Crippen LogP contribution in [-0.2, 0) is 11.3 Å². The molecule has 0 unspecified atom stereocenters. The molecule has 0 aliphatic carbocycles. The van der Waals surface area contributed by atoms with Gasteiger partial charge in [-0.3, -0.25) is 14.7 Å². The van der Waals surface area contributed by atoms with Gasteiger partial charge in [-0.25, -0.2) is 0 Å². The van der Waals surface area contributed by atoms with E-state index >= 15 is 0 Å². The Morgan fingerprint density at radius 3 is 2.50 bits per heavy atom. The molecule has 1 aromatic heterocycles. The first-order valence-corrected chi connectivity index (χ1v) is 9.33. The molecular formula is C21H28N4O. The number of amides is 1. The van der Waals surface area contributed by atoms with Crippen LogP contribution in [0.15, 0.2) is 54.9 Å². The summed E-state index contributed by atoms with van der Waals surface area (Å²) in [4.78, 5) is 19.6. The minimum atomic E-state index is -0.558. The first-order valence-electron chi connectivity index (χ1n) is 9.33. The van der Waals surface area contributed by atoms with E-state index in [1.54, 1.807) is 6.20 Å². The van der Waals surface area contributed by atoms with Gasteiger partial charge in [0, 0.05) is 43.8 Å². The number of carbonyl (C=O) groups is 1. The van der Waals surface area contributed by atoms with E-state index in [9.17, 15) is 4.79 Å². The predicted octanol–water partition coefficient (Wildman–Crippen LogP) is 3.05. The van der Waals surface area contributed by atoms with Crippen LogP contribution in [0.3, 0.4) is 0 Å². The molecule has 0 saturated carbocycles. The van der Waals surface area contributed by atoms with Gasteiger partial charge in [0.15, 0.2) is 0 Å². The van der Waals surface area contributed by atoms with Gasteiger partial charge >= 0.3 is 0 Å². The third-order valence-electron chi connectivity index (χ3n) is 4.85. The number of nitrogens with zero attached hydrogens (tertiary/aromatic N) is 2. The van der Waals surface area contributed by atoms with Crippen LogP contribution in [-0.4, -0.2) is 40.5 Å². The average molecular weight is 352 g/mol. The molecule has 2 heterocycles. The normalized spacial score (nSPS) is 17.0. The molecule has 2 N–H and O–H groups in total. The van der Waals surface area contributed by atoms with Crippen LogP contribution in [0.4, 0.5) is 5.69 Å². The Morgan fingerprint density at radius 1 is 1.15 bits per heavy atom. The molecule has 1 amide bonds. The van der Waals surface area contributed by atoms with Crippen LogP contribution in [0, 0.1) is 0 Å². The number of nitrogens with one attached hydrogen (secondary N) is 2. The highest BCUT2D eigenvalue weighted by Gasteiger charge is 2.41. The average Bonchev–Trinajstić information content (AvgIpc) is 2.64. The van der Waals surface area contributed by atoms with Crippen molar-refractivity contribution in [3.8, 4) is 0 Å². The van der Waals surface area contributed by atoms with Crippen molar-refractivity contribution in [1.29, 1.82) is 0 Å². The minimum absolute atomic E-state index is 0.0948. The molecule has 1 saturated heterocycles. The molecule has 3 rings (SSSR count). The second kappa shape index (κ2) is 8.32. The number of piperidine rings is 1. The largest absolute Gasteiger partial charge is 0.371 e. The van der Waals surface area contributed by atoms with Crippen molar-refractivity contribution in [2.24, 2.45) is 0 Å². The highest BCUT2D eigenvalue weighted by atomic mass is 16.2. The molecule has 1 aromatic carbocycles. The van der Waals surface area contributed by atoms with Crippen molar-refractivity contribution in [1.82, 2.24) is 15.2 Å². The summed E-state index contributed by atoms with van der Waals surface area (Å²) in [6, 6.07) is 14.2. The molecule has 5 heteroatoms. The van der Waals surface area contributed by atoms with Crippen LogP contribution in [0.5, 0.6) is 0 Å². The van der Waals surface area contributed by atoms with E-state index in [2.05, 4.69) is 26.6 Å². The number of hydrogen-bond donors (Lipinski definition) is 2. The molecule has 0 radical (unpaired) electrons. The molecule has 0 spiro atoms. The molecule has 1 aliphatic heterocycles. The lowest BCUT2D eigenvalue weighted by Crippen LogP contribution is -2.59. The number of anilines is 1. The first-order chi connectivity index (χ1) is 12.6. The molecule has 2 aromatic rings. The molecule has 0 atom stereocenters. The Labute approximate surface area is 155 Å². The van der Waals surface area contributed by atoms with Crippen molar-refractivity contribution in [2.75, 3.05) is 18.4 Å². The van der Waals surface area contributed by atoms with E-state index in [1.807, 2.05) is 56.4 Å². The fourth-order valence-electron chi connectivity index (χ4n) is 3.45. The lowest BCUT2D eigenvalue weighted by molar-refractivity contribution is -0.127. The number of hydrogen-bond acceptors (Lipinski definition) is 4. The summed E-state index contributed by atoms with van der Waals surface area (Å²) in [5, 5.41) is 6.64. The van der Waals surface area contributed by atoms with E-state index < -0.39 is 5.54 Å². The van der Waals surface area contributed by atoms with E-state index in [0.29, 0.717) is 0 Å². The maximum Gasteiger partial charge on any atom is 0.245 e. The Bertz CT molecular complexity index is 694. The topological polar surface area (TPSA) is 57.3 Å². The maximum atomic E-state index is 13.0. The van der Waals surface area contributed by atoms with Crippen LogP contribution in [0.2, 0.25) is 0 Å². The Kier molecular flexibility index (Phi) is 5.89. The van der Waals surface area contributed by atoms with Gasteiger partial charge < -0.3 is 10.6 Å². The Balaban J connectivity index is 1.70. The molecule has 5 nitrogen and oxygen atoms in total. The van der Waals surface area contributed by atoms with E-state index in [-0.39, 0.29) is 11.9 Å². The van der Waals surface area contributed by atoms with Crippen molar-refractivity contribution in [3.63, 3.8) is 0 Å². The molecule has 1 aliphatic rings. The predicted molar refractivity (Wildman–Crippen MR) is 105 cm³/mol. The van der Waals surface area contributed by atoms with Crippen molar-refractivity contribution in [3.05, 3.63) is 60.4 Å². The van der Waals surface area contributed by atoms with Crippen molar-refractivity contribution < 1.29 is 4.79 Å². The quantitative estimate of drug-likeness (QED) is 0.839. The Hall–Kier alpha value is -2.40. The van der Waals surface area contributed by atoms with E-state index in [1.165, 1.54) is 5.56 Å². The number of carbonyl (C=O) groups excluding carboxylic acids is 1. The van der Waals surface area contributed by atoms with Gasteiger partial charge in [0.05, 0.1) is 0 Å². The zero-order valence-corrected chi connectivity index (χ0v) is 15.6. The number of benzene rings is 1. The summed E-state index contributed by atoms with van der Waals surface area (Å²) < 4.78 is 0. The lowest BCUT2D eigenvalue weighted by atomic mass is 9.85. The smallest absolute Gasteiger partial charge is 0.245 e. The molecule has 26 heavy (non-hydrogen) atoms. The van der Waals surface area contributed by atoms with Crippen molar-refractivity contribution in [2.45, 2.75) is 44.8 Å². The third-order valence-corrected chi connectivity index (χ3v) is 4.85. The van der Waals surface area contributed by atoms with Gasteiger partial charge in [0.1, 0.15) is 5.54 Å². The third kappa shape index (κ3) is 4.61. The molecular weight excluding hydrogens is 324 g/mol. The number of likely N-dealkylation sites (tertiary alicyclic amines) is 1. The SMILES string of the molecule is CC(C)NC(=O)C1(Nc2ccccc2)CCN(Cc2cccnc2)CC1. The van der Waals surface area contributed by atoms with E-state index in [4.69, 9.17) is 0 Å². The van der Waals surface area contributed by atoms with Gasteiger partial charge in [-0.05, 0) is 50.5 Å². The molecule has 138 valence electrons. The second-order valence-corrected chi connectivity index (χ2v) is 7.34. The number of para-hydroxylation sites is 1. The van der Waals surface area contributed by atoms with Crippen LogP contribution >= 0.6 is 0 Å². The lowest BCUT2D eigenvalue weighted by Gasteiger charge is -2.42.